The fraction of sp³-hybridized carbons (Fsp3) is 0.769. The predicted octanol–water partition coefficient (Wildman–Crippen LogP) is 3.19. The van der Waals surface area contributed by atoms with Gasteiger partial charge in [0.1, 0.15) is 0 Å². The predicted molar refractivity (Wildman–Crippen MR) is 77.0 cm³/mol. The minimum absolute atomic E-state index is 0.947. The molecule has 0 amide bonds. The summed E-state index contributed by atoms with van der Waals surface area (Å²) in [5.41, 5.74) is 1.17. The fourth-order valence-electron chi connectivity index (χ4n) is 1.67. The van der Waals surface area contributed by atoms with Crippen molar-refractivity contribution >= 4 is 16.5 Å². The second-order valence-electron chi connectivity index (χ2n) is 4.41. The van der Waals surface area contributed by atoms with E-state index in [0.29, 0.717) is 0 Å². The fourth-order valence-corrected chi connectivity index (χ4v) is 2.69. The summed E-state index contributed by atoms with van der Waals surface area (Å²) in [5, 5.41) is 4.52. The quantitative estimate of drug-likeness (QED) is 0.723. The molecule has 0 aliphatic heterocycles. The number of anilines is 1. The Morgan fingerprint density at radius 3 is 2.71 bits per heavy atom. The van der Waals surface area contributed by atoms with Crippen LogP contribution in [0, 0.1) is 6.92 Å². The Labute approximate surface area is 109 Å². The van der Waals surface area contributed by atoms with E-state index in [0.717, 1.165) is 24.8 Å². The molecule has 0 unspecified atom stereocenters. The summed E-state index contributed by atoms with van der Waals surface area (Å²) in [6.07, 6.45) is 3.84. The van der Waals surface area contributed by atoms with Crippen LogP contribution in [0.4, 0.5) is 5.13 Å². The number of hydrogen-bond donors (Lipinski definition) is 1. The Balaban J connectivity index is 2.52. The molecular formula is C13H25N3S. The van der Waals surface area contributed by atoms with Crippen molar-refractivity contribution in [2.24, 2.45) is 0 Å². The smallest absolute Gasteiger partial charge is 0.185 e. The van der Waals surface area contributed by atoms with Crippen LogP contribution in [-0.4, -0.2) is 25.1 Å². The second-order valence-corrected chi connectivity index (χ2v) is 5.48. The molecule has 3 nitrogen and oxygen atoms in total. The Morgan fingerprint density at radius 2 is 2.06 bits per heavy atom. The average Bonchev–Trinajstić information content (AvgIpc) is 2.68. The van der Waals surface area contributed by atoms with Gasteiger partial charge in [-0.15, -0.1) is 11.3 Å². The Morgan fingerprint density at radius 1 is 1.29 bits per heavy atom. The Bertz CT molecular complexity index is 322. The molecule has 4 heteroatoms. The van der Waals surface area contributed by atoms with Gasteiger partial charge in [0.15, 0.2) is 5.13 Å². The zero-order valence-electron chi connectivity index (χ0n) is 11.5. The van der Waals surface area contributed by atoms with E-state index in [-0.39, 0.29) is 0 Å². The minimum atomic E-state index is 0.947. The lowest BCUT2D eigenvalue weighted by atomic mass is 10.2. The molecule has 17 heavy (non-hydrogen) atoms. The number of thiazole rings is 1. The monoisotopic (exact) mass is 255 g/mol. The van der Waals surface area contributed by atoms with Crippen molar-refractivity contribution in [2.75, 3.05) is 25.0 Å². The van der Waals surface area contributed by atoms with Gasteiger partial charge >= 0.3 is 0 Å². The van der Waals surface area contributed by atoms with Gasteiger partial charge in [0, 0.05) is 25.0 Å². The molecule has 1 aromatic heterocycles. The molecule has 0 radical (unpaired) electrons. The highest BCUT2D eigenvalue weighted by Crippen LogP contribution is 2.25. The summed E-state index contributed by atoms with van der Waals surface area (Å²) < 4.78 is 0. The third-order valence-corrected chi connectivity index (χ3v) is 4.11. The number of rotatable bonds is 8. The summed E-state index contributed by atoms with van der Waals surface area (Å²) in [6, 6.07) is 0. The number of hydrogen-bond acceptors (Lipinski definition) is 4. The molecule has 98 valence electrons. The van der Waals surface area contributed by atoms with Crippen molar-refractivity contribution in [2.45, 2.75) is 46.6 Å². The van der Waals surface area contributed by atoms with Crippen molar-refractivity contribution in [1.82, 2.24) is 10.3 Å². The molecule has 0 aliphatic carbocycles. The molecule has 1 N–H and O–H groups in total. The van der Waals surface area contributed by atoms with Crippen LogP contribution < -0.4 is 10.2 Å². The third-order valence-electron chi connectivity index (χ3n) is 2.84. The maximum atomic E-state index is 4.65. The molecule has 1 heterocycles. The first-order valence-corrected chi connectivity index (χ1v) is 7.38. The molecule has 0 atom stereocenters. The van der Waals surface area contributed by atoms with Gasteiger partial charge in [-0.2, -0.15) is 0 Å². The summed E-state index contributed by atoms with van der Waals surface area (Å²) in [7, 11) is 2.14. The highest BCUT2D eigenvalue weighted by molar-refractivity contribution is 7.15. The van der Waals surface area contributed by atoms with Gasteiger partial charge in [-0.05, 0) is 19.9 Å². The topological polar surface area (TPSA) is 28.2 Å². The first-order valence-electron chi connectivity index (χ1n) is 6.57. The van der Waals surface area contributed by atoms with Gasteiger partial charge in [-0.1, -0.05) is 26.7 Å². The van der Waals surface area contributed by atoms with Gasteiger partial charge in [0.05, 0.1) is 5.69 Å². The van der Waals surface area contributed by atoms with Crippen LogP contribution in [-0.2, 0) is 6.54 Å². The molecule has 1 rings (SSSR count). The van der Waals surface area contributed by atoms with Crippen LogP contribution in [0.2, 0.25) is 0 Å². The normalized spacial score (nSPS) is 10.8. The van der Waals surface area contributed by atoms with Crippen molar-refractivity contribution in [3.63, 3.8) is 0 Å². The van der Waals surface area contributed by atoms with E-state index in [4.69, 9.17) is 0 Å². The van der Waals surface area contributed by atoms with E-state index in [1.165, 1.54) is 29.8 Å². The highest BCUT2D eigenvalue weighted by atomic mass is 32.1. The van der Waals surface area contributed by atoms with Crippen LogP contribution >= 0.6 is 11.3 Å². The lowest BCUT2D eigenvalue weighted by Gasteiger charge is -2.14. The van der Waals surface area contributed by atoms with Crippen LogP contribution in [0.3, 0.4) is 0 Å². The lowest BCUT2D eigenvalue weighted by Crippen LogP contribution is -2.18. The van der Waals surface area contributed by atoms with Gasteiger partial charge in [0.25, 0.3) is 0 Å². The number of nitrogens with one attached hydrogen (secondary N) is 1. The van der Waals surface area contributed by atoms with Gasteiger partial charge < -0.3 is 10.2 Å². The largest absolute Gasteiger partial charge is 0.351 e. The van der Waals surface area contributed by atoms with Crippen molar-refractivity contribution in [3.05, 3.63) is 10.6 Å². The minimum Gasteiger partial charge on any atom is -0.351 e. The van der Waals surface area contributed by atoms with Crippen LogP contribution in [0.1, 0.15) is 43.7 Å². The molecule has 0 aromatic carbocycles. The maximum Gasteiger partial charge on any atom is 0.185 e. The zero-order chi connectivity index (χ0) is 12.7. The first-order chi connectivity index (χ1) is 8.19. The van der Waals surface area contributed by atoms with E-state index in [1.54, 1.807) is 0 Å². The molecule has 0 saturated heterocycles. The Kier molecular flexibility index (Phi) is 6.52. The molecular weight excluding hydrogens is 230 g/mol. The zero-order valence-corrected chi connectivity index (χ0v) is 12.4. The summed E-state index contributed by atoms with van der Waals surface area (Å²) in [5.74, 6) is 0. The number of nitrogens with zero attached hydrogens (tertiary/aromatic N) is 2. The first kappa shape index (κ1) is 14.5. The second kappa shape index (κ2) is 7.67. The van der Waals surface area contributed by atoms with Crippen molar-refractivity contribution < 1.29 is 0 Å². The Hall–Kier alpha value is -0.610. The average molecular weight is 255 g/mol. The van der Waals surface area contributed by atoms with Crippen LogP contribution in [0.5, 0.6) is 0 Å². The highest BCUT2D eigenvalue weighted by Gasteiger charge is 2.10. The molecule has 0 fully saturated rings. The van der Waals surface area contributed by atoms with Crippen molar-refractivity contribution in [1.29, 1.82) is 0 Å². The van der Waals surface area contributed by atoms with Gasteiger partial charge in [-0.3, -0.25) is 0 Å². The summed E-state index contributed by atoms with van der Waals surface area (Å²) >= 11 is 1.82. The van der Waals surface area contributed by atoms with E-state index in [1.807, 2.05) is 11.3 Å². The number of aryl methyl sites for hydroxylation is 1. The van der Waals surface area contributed by atoms with Gasteiger partial charge in [-0.25, -0.2) is 4.98 Å². The SMILES string of the molecule is CCCCCN(C)c1nc(C)c(CNCC)s1. The third kappa shape index (κ3) is 4.64. The van der Waals surface area contributed by atoms with Crippen LogP contribution in [0.15, 0.2) is 0 Å². The van der Waals surface area contributed by atoms with Crippen LogP contribution in [0.25, 0.3) is 0 Å². The lowest BCUT2D eigenvalue weighted by molar-refractivity contribution is 0.704. The molecule has 1 aromatic rings. The van der Waals surface area contributed by atoms with E-state index in [9.17, 15) is 0 Å². The van der Waals surface area contributed by atoms with E-state index in [2.05, 4.69) is 43.0 Å². The summed E-state index contributed by atoms with van der Waals surface area (Å²) in [4.78, 5) is 8.29. The standard InChI is InChI=1S/C13H25N3S/c1-5-7-8-9-16(4)13-15-11(3)12(17-13)10-14-6-2/h14H,5-10H2,1-4H3. The molecule has 0 bridgehead atoms. The molecule has 0 spiro atoms. The molecule has 0 saturated carbocycles. The van der Waals surface area contributed by atoms with Crippen molar-refractivity contribution in [3.8, 4) is 0 Å². The molecule has 0 aliphatic rings. The summed E-state index contributed by atoms with van der Waals surface area (Å²) in [6.45, 7) is 9.55. The number of unbranched alkanes of at least 4 members (excludes halogenated alkanes) is 2. The van der Waals surface area contributed by atoms with E-state index >= 15 is 0 Å². The van der Waals surface area contributed by atoms with Gasteiger partial charge in [0.2, 0.25) is 0 Å². The maximum absolute atomic E-state index is 4.65. The van der Waals surface area contributed by atoms with E-state index < -0.39 is 0 Å². The number of aromatic nitrogens is 1.